The van der Waals surface area contributed by atoms with E-state index < -0.39 is 0 Å². The van der Waals surface area contributed by atoms with Gasteiger partial charge in [-0.15, -0.1) is 0 Å². The molecule has 0 aromatic carbocycles. The van der Waals surface area contributed by atoms with E-state index in [1.54, 1.807) is 6.20 Å². The van der Waals surface area contributed by atoms with Gasteiger partial charge >= 0.3 is 0 Å². The van der Waals surface area contributed by atoms with E-state index in [1.807, 2.05) is 31.3 Å². The van der Waals surface area contributed by atoms with Gasteiger partial charge in [-0.1, -0.05) is 6.07 Å². The van der Waals surface area contributed by atoms with Crippen molar-refractivity contribution in [2.24, 2.45) is 0 Å². The minimum atomic E-state index is 0.217. The molecule has 0 saturated carbocycles. The number of hydrogen-bond acceptors (Lipinski definition) is 3. The predicted molar refractivity (Wildman–Crippen MR) is 62.9 cm³/mol. The summed E-state index contributed by atoms with van der Waals surface area (Å²) in [5.74, 6) is 1.92. The Morgan fingerprint density at radius 2 is 2.25 bits per heavy atom. The van der Waals surface area contributed by atoms with Crippen molar-refractivity contribution in [3.63, 3.8) is 0 Å². The van der Waals surface area contributed by atoms with E-state index in [0.29, 0.717) is 0 Å². The molecule has 2 aromatic rings. The van der Waals surface area contributed by atoms with E-state index in [1.165, 1.54) is 5.56 Å². The van der Waals surface area contributed by atoms with E-state index >= 15 is 0 Å². The quantitative estimate of drug-likeness (QED) is 0.854. The first-order chi connectivity index (χ1) is 7.75. The summed E-state index contributed by atoms with van der Waals surface area (Å²) in [5.41, 5.74) is 1.18. The molecule has 0 amide bonds. The molecule has 0 spiro atoms. The van der Waals surface area contributed by atoms with Crippen LogP contribution >= 0.6 is 0 Å². The highest BCUT2D eigenvalue weighted by Gasteiger charge is 2.08. The van der Waals surface area contributed by atoms with Crippen molar-refractivity contribution in [2.75, 3.05) is 0 Å². The summed E-state index contributed by atoms with van der Waals surface area (Å²) < 4.78 is 5.56. The molecule has 2 heterocycles. The molecule has 1 unspecified atom stereocenters. The van der Waals surface area contributed by atoms with Crippen LogP contribution in [0.4, 0.5) is 0 Å². The molecule has 0 radical (unpaired) electrons. The molecule has 16 heavy (non-hydrogen) atoms. The maximum Gasteiger partial charge on any atom is 0.120 e. The Morgan fingerprint density at radius 3 is 2.88 bits per heavy atom. The molecule has 0 bridgehead atoms. The Labute approximate surface area is 95.5 Å². The van der Waals surface area contributed by atoms with Gasteiger partial charge in [0.05, 0.1) is 6.04 Å². The van der Waals surface area contributed by atoms with Crippen molar-refractivity contribution < 1.29 is 4.42 Å². The Hall–Kier alpha value is -1.61. The molecule has 0 aliphatic heterocycles. The van der Waals surface area contributed by atoms with Gasteiger partial charge in [0.25, 0.3) is 0 Å². The summed E-state index contributed by atoms with van der Waals surface area (Å²) in [7, 11) is 0. The van der Waals surface area contributed by atoms with Gasteiger partial charge < -0.3 is 9.73 Å². The SMILES string of the molecule is Cc1ccc(C(C)NCc2cccnc2)o1. The number of aryl methyl sites for hydroxylation is 1. The third kappa shape index (κ3) is 2.70. The summed E-state index contributed by atoms with van der Waals surface area (Å²) in [6.07, 6.45) is 3.65. The molecule has 0 aliphatic rings. The molecular weight excluding hydrogens is 200 g/mol. The van der Waals surface area contributed by atoms with Crippen molar-refractivity contribution in [3.8, 4) is 0 Å². The van der Waals surface area contributed by atoms with Crippen LogP contribution in [0.25, 0.3) is 0 Å². The summed E-state index contributed by atoms with van der Waals surface area (Å²) in [6, 6.07) is 8.21. The maximum absolute atomic E-state index is 5.56. The van der Waals surface area contributed by atoms with Gasteiger partial charge in [-0.05, 0) is 37.6 Å². The molecule has 84 valence electrons. The fourth-order valence-electron chi connectivity index (χ4n) is 1.56. The normalized spacial score (nSPS) is 12.6. The van der Waals surface area contributed by atoms with E-state index in [0.717, 1.165) is 18.1 Å². The molecular formula is C13H16N2O. The molecule has 1 atom stereocenters. The molecule has 0 saturated heterocycles. The number of pyridine rings is 1. The fraction of sp³-hybridized carbons (Fsp3) is 0.308. The minimum Gasteiger partial charge on any atom is -0.465 e. The zero-order valence-electron chi connectivity index (χ0n) is 9.60. The van der Waals surface area contributed by atoms with Crippen molar-refractivity contribution in [2.45, 2.75) is 26.4 Å². The zero-order chi connectivity index (χ0) is 11.4. The van der Waals surface area contributed by atoms with Gasteiger partial charge in [0.1, 0.15) is 11.5 Å². The Bertz CT molecular complexity index is 436. The number of aromatic nitrogens is 1. The van der Waals surface area contributed by atoms with Gasteiger partial charge in [0.15, 0.2) is 0 Å². The highest BCUT2D eigenvalue weighted by molar-refractivity contribution is 5.11. The maximum atomic E-state index is 5.56. The lowest BCUT2D eigenvalue weighted by Crippen LogP contribution is -2.17. The van der Waals surface area contributed by atoms with Crippen LogP contribution in [-0.2, 0) is 6.54 Å². The second-order valence-corrected chi connectivity index (χ2v) is 3.91. The Morgan fingerprint density at radius 1 is 1.38 bits per heavy atom. The van der Waals surface area contributed by atoms with E-state index in [9.17, 15) is 0 Å². The smallest absolute Gasteiger partial charge is 0.120 e. The van der Waals surface area contributed by atoms with Crippen LogP contribution in [0.5, 0.6) is 0 Å². The molecule has 2 rings (SSSR count). The average Bonchev–Trinajstić information content (AvgIpc) is 2.74. The molecule has 3 heteroatoms. The monoisotopic (exact) mass is 216 g/mol. The van der Waals surface area contributed by atoms with E-state index in [-0.39, 0.29) is 6.04 Å². The topological polar surface area (TPSA) is 38.1 Å². The first kappa shape index (κ1) is 10.9. The summed E-state index contributed by atoms with van der Waals surface area (Å²) in [5, 5.41) is 3.39. The van der Waals surface area contributed by atoms with Crippen LogP contribution in [-0.4, -0.2) is 4.98 Å². The molecule has 0 aliphatic carbocycles. The average molecular weight is 216 g/mol. The highest BCUT2D eigenvalue weighted by Crippen LogP contribution is 2.15. The van der Waals surface area contributed by atoms with Crippen molar-refractivity contribution in [1.82, 2.24) is 10.3 Å². The first-order valence-corrected chi connectivity index (χ1v) is 5.44. The number of rotatable bonds is 4. The third-order valence-electron chi connectivity index (χ3n) is 2.52. The summed E-state index contributed by atoms with van der Waals surface area (Å²) in [4.78, 5) is 4.08. The van der Waals surface area contributed by atoms with Crippen LogP contribution in [0.1, 0.15) is 30.0 Å². The second-order valence-electron chi connectivity index (χ2n) is 3.91. The van der Waals surface area contributed by atoms with Gasteiger partial charge in [-0.2, -0.15) is 0 Å². The predicted octanol–water partition coefficient (Wildman–Crippen LogP) is 2.83. The molecule has 1 N–H and O–H groups in total. The number of furan rings is 1. The molecule has 3 nitrogen and oxygen atoms in total. The fourth-order valence-corrected chi connectivity index (χ4v) is 1.56. The van der Waals surface area contributed by atoms with Crippen LogP contribution in [0.3, 0.4) is 0 Å². The van der Waals surface area contributed by atoms with Crippen molar-refractivity contribution in [1.29, 1.82) is 0 Å². The summed E-state index contributed by atoms with van der Waals surface area (Å²) in [6.45, 7) is 4.85. The van der Waals surface area contributed by atoms with Crippen LogP contribution < -0.4 is 5.32 Å². The standard InChI is InChI=1S/C13H16N2O/c1-10-5-6-13(16-10)11(2)15-9-12-4-3-7-14-8-12/h3-8,11,15H,9H2,1-2H3. The van der Waals surface area contributed by atoms with Crippen molar-refractivity contribution in [3.05, 3.63) is 53.7 Å². The number of nitrogens with zero attached hydrogens (tertiary/aromatic N) is 1. The van der Waals surface area contributed by atoms with E-state index in [2.05, 4.69) is 23.3 Å². The lowest BCUT2D eigenvalue weighted by Gasteiger charge is -2.10. The largest absolute Gasteiger partial charge is 0.465 e. The van der Waals surface area contributed by atoms with E-state index in [4.69, 9.17) is 4.42 Å². The Balaban J connectivity index is 1.91. The molecule has 0 fully saturated rings. The highest BCUT2D eigenvalue weighted by atomic mass is 16.3. The van der Waals surface area contributed by atoms with Gasteiger partial charge in [0.2, 0.25) is 0 Å². The minimum absolute atomic E-state index is 0.217. The van der Waals surface area contributed by atoms with Crippen LogP contribution in [0, 0.1) is 6.92 Å². The molecule has 2 aromatic heterocycles. The van der Waals surface area contributed by atoms with Crippen LogP contribution in [0.15, 0.2) is 41.1 Å². The zero-order valence-corrected chi connectivity index (χ0v) is 9.60. The Kier molecular flexibility index (Phi) is 3.37. The third-order valence-corrected chi connectivity index (χ3v) is 2.52. The van der Waals surface area contributed by atoms with Gasteiger partial charge in [-0.3, -0.25) is 4.98 Å². The van der Waals surface area contributed by atoms with Gasteiger partial charge in [-0.25, -0.2) is 0 Å². The van der Waals surface area contributed by atoms with Crippen LogP contribution in [0.2, 0.25) is 0 Å². The summed E-state index contributed by atoms with van der Waals surface area (Å²) >= 11 is 0. The lowest BCUT2D eigenvalue weighted by atomic mass is 10.2. The number of nitrogens with one attached hydrogen (secondary N) is 1. The van der Waals surface area contributed by atoms with Crippen molar-refractivity contribution >= 4 is 0 Å². The lowest BCUT2D eigenvalue weighted by molar-refractivity contribution is 0.415. The number of hydrogen-bond donors (Lipinski definition) is 1. The second kappa shape index (κ2) is 4.94. The first-order valence-electron chi connectivity index (χ1n) is 5.44. The van der Waals surface area contributed by atoms with Gasteiger partial charge in [0, 0.05) is 18.9 Å².